The van der Waals surface area contributed by atoms with E-state index in [0.717, 1.165) is 18.9 Å². The fourth-order valence-corrected chi connectivity index (χ4v) is 2.09. The van der Waals surface area contributed by atoms with E-state index in [1.807, 2.05) is 24.0 Å². The summed E-state index contributed by atoms with van der Waals surface area (Å²) in [7, 11) is 0. The van der Waals surface area contributed by atoms with Crippen LogP contribution in [0.5, 0.6) is 0 Å². The second-order valence-electron chi connectivity index (χ2n) is 3.92. The first-order valence-electron chi connectivity index (χ1n) is 5.42. The molecule has 2 aromatic rings. The van der Waals surface area contributed by atoms with Crippen LogP contribution in [0, 0.1) is 0 Å². The van der Waals surface area contributed by atoms with Crippen molar-refractivity contribution in [1.82, 2.24) is 14.5 Å². The largest absolute Gasteiger partial charge is 0.353 e. The fraction of sp³-hybridized carbons (Fsp3) is 0.455. The lowest BCUT2D eigenvalue weighted by Gasteiger charge is -2.11. The maximum Gasteiger partial charge on any atom is 0.202 e. The van der Waals surface area contributed by atoms with Crippen LogP contribution < -0.4 is 5.32 Å². The van der Waals surface area contributed by atoms with Crippen molar-refractivity contribution >= 4 is 17.3 Å². The SMILES string of the molecule is CC(C)Nc1nccn1CCc1nccs1. The van der Waals surface area contributed by atoms with Gasteiger partial charge >= 0.3 is 0 Å². The third kappa shape index (κ3) is 2.82. The van der Waals surface area contributed by atoms with Crippen LogP contribution in [-0.4, -0.2) is 20.6 Å². The Morgan fingerprint density at radius 1 is 1.38 bits per heavy atom. The van der Waals surface area contributed by atoms with Gasteiger partial charge in [0.2, 0.25) is 5.95 Å². The highest BCUT2D eigenvalue weighted by atomic mass is 32.1. The topological polar surface area (TPSA) is 42.7 Å². The number of rotatable bonds is 5. The maximum atomic E-state index is 4.29. The van der Waals surface area contributed by atoms with Gasteiger partial charge in [0.1, 0.15) is 0 Å². The van der Waals surface area contributed by atoms with Gasteiger partial charge < -0.3 is 9.88 Å². The Bertz CT molecular complexity index is 419. The molecule has 0 atom stereocenters. The monoisotopic (exact) mass is 236 g/mol. The summed E-state index contributed by atoms with van der Waals surface area (Å²) in [5.74, 6) is 0.937. The zero-order valence-electron chi connectivity index (χ0n) is 9.55. The predicted molar refractivity (Wildman–Crippen MR) is 66.8 cm³/mol. The molecule has 86 valence electrons. The van der Waals surface area contributed by atoms with Crippen molar-refractivity contribution in [3.63, 3.8) is 0 Å². The molecule has 2 aromatic heterocycles. The van der Waals surface area contributed by atoms with E-state index >= 15 is 0 Å². The summed E-state index contributed by atoms with van der Waals surface area (Å²) >= 11 is 1.70. The molecule has 0 aliphatic carbocycles. The maximum absolute atomic E-state index is 4.29. The smallest absolute Gasteiger partial charge is 0.202 e. The average Bonchev–Trinajstić information content (AvgIpc) is 2.84. The number of aromatic nitrogens is 3. The Hall–Kier alpha value is -1.36. The molecule has 2 heterocycles. The van der Waals surface area contributed by atoms with E-state index in [9.17, 15) is 0 Å². The van der Waals surface area contributed by atoms with E-state index in [1.165, 1.54) is 5.01 Å². The molecule has 0 amide bonds. The van der Waals surface area contributed by atoms with Crippen LogP contribution in [0.4, 0.5) is 5.95 Å². The summed E-state index contributed by atoms with van der Waals surface area (Å²) in [5, 5.41) is 6.50. The Morgan fingerprint density at radius 3 is 2.94 bits per heavy atom. The Balaban J connectivity index is 1.96. The third-order valence-corrected chi connectivity index (χ3v) is 3.02. The highest BCUT2D eigenvalue weighted by Gasteiger charge is 2.04. The van der Waals surface area contributed by atoms with Gasteiger partial charge in [0.15, 0.2) is 0 Å². The molecule has 0 aliphatic heterocycles. The van der Waals surface area contributed by atoms with Crippen LogP contribution in [0.15, 0.2) is 24.0 Å². The van der Waals surface area contributed by atoms with E-state index in [0.29, 0.717) is 6.04 Å². The molecular weight excluding hydrogens is 220 g/mol. The van der Waals surface area contributed by atoms with Crippen molar-refractivity contribution in [3.8, 4) is 0 Å². The van der Waals surface area contributed by atoms with E-state index < -0.39 is 0 Å². The van der Waals surface area contributed by atoms with Crippen LogP contribution >= 0.6 is 11.3 Å². The second-order valence-corrected chi connectivity index (χ2v) is 4.90. The van der Waals surface area contributed by atoms with Gasteiger partial charge in [-0.15, -0.1) is 11.3 Å². The number of anilines is 1. The minimum atomic E-state index is 0.404. The van der Waals surface area contributed by atoms with Crippen LogP contribution in [0.3, 0.4) is 0 Å². The molecule has 0 unspecified atom stereocenters. The van der Waals surface area contributed by atoms with Crippen LogP contribution in [0.25, 0.3) is 0 Å². The summed E-state index contributed by atoms with van der Waals surface area (Å²) in [6, 6.07) is 0.404. The molecule has 1 N–H and O–H groups in total. The lowest BCUT2D eigenvalue weighted by molar-refractivity contribution is 0.689. The van der Waals surface area contributed by atoms with E-state index in [4.69, 9.17) is 0 Å². The standard InChI is InChI=1S/C11H16N4S/c1-9(2)14-11-13-4-7-15(11)6-3-10-12-5-8-16-10/h4-5,7-9H,3,6H2,1-2H3,(H,13,14). The number of hydrogen-bond acceptors (Lipinski definition) is 4. The quantitative estimate of drug-likeness (QED) is 0.867. The first kappa shape index (κ1) is 11.1. The van der Waals surface area contributed by atoms with E-state index in [1.54, 1.807) is 11.3 Å². The van der Waals surface area contributed by atoms with Gasteiger partial charge in [-0.3, -0.25) is 0 Å². The van der Waals surface area contributed by atoms with Crippen molar-refractivity contribution in [3.05, 3.63) is 29.0 Å². The van der Waals surface area contributed by atoms with Gasteiger partial charge in [-0.1, -0.05) is 0 Å². The number of imidazole rings is 1. The molecule has 0 aromatic carbocycles. The van der Waals surface area contributed by atoms with Gasteiger partial charge in [-0.05, 0) is 13.8 Å². The van der Waals surface area contributed by atoms with Crippen molar-refractivity contribution in [2.75, 3.05) is 5.32 Å². The third-order valence-electron chi connectivity index (χ3n) is 2.18. The molecule has 0 radical (unpaired) electrons. The number of nitrogens with zero attached hydrogens (tertiary/aromatic N) is 3. The minimum Gasteiger partial charge on any atom is -0.353 e. The van der Waals surface area contributed by atoms with Crippen molar-refractivity contribution in [2.24, 2.45) is 0 Å². The van der Waals surface area contributed by atoms with Gasteiger partial charge in [-0.25, -0.2) is 9.97 Å². The molecule has 0 bridgehead atoms. The van der Waals surface area contributed by atoms with Crippen LogP contribution in [0.2, 0.25) is 0 Å². The van der Waals surface area contributed by atoms with Gasteiger partial charge in [-0.2, -0.15) is 0 Å². The minimum absolute atomic E-state index is 0.404. The predicted octanol–water partition coefficient (Wildman–Crippen LogP) is 2.40. The number of nitrogens with one attached hydrogen (secondary N) is 1. The lowest BCUT2D eigenvalue weighted by Crippen LogP contribution is -2.15. The first-order chi connectivity index (χ1) is 7.75. The molecule has 2 rings (SSSR count). The highest BCUT2D eigenvalue weighted by Crippen LogP contribution is 2.10. The summed E-state index contributed by atoms with van der Waals surface area (Å²) in [4.78, 5) is 8.56. The summed E-state index contributed by atoms with van der Waals surface area (Å²) < 4.78 is 2.13. The number of thiazole rings is 1. The van der Waals surface area contributed by atoms with Crippen molar-refractivity contribution in [2.45, 2.75) is 32.9 Å². The molecule has 4 nitrogen and oxygen atoms in total. The Morgan fingerprint density at radius 2 is 2.25 bits per heavy atom. The van der Waals surface area contributed by atoms with E-state index in [-0.39, 0.29) is 0 Å². The molecular formula is C11H16N4S. The number of hydrogen-bond donors (Lipinski definition) is 1. The molecule has 0 spiro atoms. The Kier molecular flexibility index (Phi) is 3.56. The van der Waals surface area contributed by atoms with Gasteiger partial charge in [0.25, 0.3) is 0 Å². The second kappa shape index (κ2) is 5.12. The average molecular weight is 236 g/mol. The number of aryl methyl sites for hydroxylation is 2. The summed E-state index contributed by atoms with van der Waals surface area (Å²) in [5.41, 5.74) is 0. The van der Waals surface area contributed by atoms with E-state index in [2.05, 4.69) is 33.7 Å². The molecule has 0 fully saturated rings. The zero-order valence-corrected chi connectivity index (χ0v) is 10.4. The molecule has 5 heteroatoms. The normalized spacial score (nSPS) is 10.9. The fourth-order valence-electron chi connectivity index (χ4n) is 1.48. The van der Waals surface area contributed by atoms with Gasteiger partial charge in [0.05, 0.1) is 5.01 Å². The highest BCUT2D eigenvalue weighted by molar-refractivity contribution is 7.09. The van der Waals surface area contributed by atoms with Crippen molar-refractivity contribution < 1.29 is 0 Å². The van der Waals surface area contributed by atoms with Gasteiger partial charge in [0, 0.05) is 43.0 Å². The van der Waals surface area contributed by atoms with Crippen molar-refractivity contribution in [1.29, 1.82) is 0 Å². The zero-order chi connectivity index (χ0) is 11.4. The molecule has 16 heavy (non-hydrogen) atoms. The van der Waals surface area contributed by atoms with Crippen LogP contribution in [-0.2, 0) is 13.0 Å². The summed E-state index contributed by atoms with van der Waals surface area (Å²) in [6.07, 6.45) is 6.63. The Labute approximate surface area is 99.4 Å². The van der Waals surface area contributed by atoms with Crippen LogP contribution in [0.1, 0.15) is 18.9 Å². The lowest BCUT2D eigenvalue weighted by atomic mass is 10.4. The molecule has 0 saturated heterocycles. The molecule has 0 aliphatic rings. The summed E-state index contributed by atoms with van der Waals surface area (Å²) in [6.45, 7) is 5.14. The first-order valence-corrected chi connectivity index (χ1v) is 6.29. The molecule has 0 saturated carbocycles.